The Morgan fingerprint density at radius 3 is 2.72 bits per heavy atom. The molecule has 0 aliphatic carbocycles. The number of carbonyl (C=O) groups is 1. The third-order valence-corrected chi connectivity index (χ3v) is 7.31. The second kappa shape index (κ2) is 8.83. The maximum Gasteiger partial charge on any atom is 0.264 e. The van der Waals surface area contributed by atoms with Crippen molar-refractivity contribution in [1.82, 2.24) is 5.32 Å². The number of fused-ring (bicyclic) bond motifs is 1. The molecule has 2 aliphatic rings. The van der Waals surface area contributed by atoms with Gasteiger partial charge in [0.2, 0.25) is 0 Å². The topological polar surface area (TPSA) is 53.9 Å². The number of anilines is 1. The van der Waals surface area contributed by atoms with E-state index in [2.05, 4.69) is 49.1 Å². The van der Waals surface area contributed by atoms with Gasteiger partial charge in [-0.2, -0.15) is 0 Å². The van der Waals surface area contributed by atoms with Crippen LogP contribution in [0.1, 0.15) is 51.2 Å². The number of amides is 1. The predicted molar refractivity (Wildman–Crippen MR) is 135 cm³/mol. The minimum absolute atomic E-state index is 0.0726. The van der Waals surface area contributed by atoms with Crippen LogP contribution in [0.15, 0.2) is 46.3 Å². The first-order valence-corrected chi connectivity index (χ1v) is 12.0. The highest BCUT2D eigenvalue weighted by atomic mass is 35.5. The number of halogens is 1. The summed E-state index contributed by atoms with van der Waals surface area (Å²) in [6.07, 6.45) is 2.91. The van der Waals surface area contributed by atoms with Gasteiger partial charge in [0.15, 0.2) is 5.17 Å². The van der Waals surface area contributed by atoms with Crippen LogP contribution in [0.2, 0.25) is 5.02 Å². The van der Waals surface area contributed by atoms with Gasteiger partial charge in [-0.05, 0) is 98.5 Å². The second-order valence-corrected chi connectivity index (χ2v) is 10.3. The Morgan fingerprint density at radius 2 is 2.03 bits per heavy atom. The lowest BCUT2D eigenvalue weighted by Crippen LogP contribution is -2.45. The standard InChI is InChI=1S/C25H28ClN3O2S/c1-6-31-18-9-7-17(8-10-18)27-24-28-23(30)22(32-24)12-16-11-19-15(2)14-25(3,4)29(5)21(19)13-20(16)26/h7-13,15H,6,14H2,1-5H3,(H,27,28,30)/b22-12+. The molecule has 0 spiro atoms. The van der Waals surface area contributed by atoms with Crippen LogP contribution in [-0.2, 0) is 4.79 Å². The first-order valence-electron chi connectivity index (χ1n) is 10.8. The van der Waals surface area contributed by atoms with Gasteiger partial charge in [-0.25, -0.2) is 4.99 Å². The summed E-state index contributed by atoms with van der Waals surface area (Å²) in [7, 11) is 2.11. The Hall–Kier alpha value is -2.44. The van der Waals surface area contributed by atoms with Crippen LogP contribution in [-0.4, -0.2) is 30.3 Å². The zero-order valence-corrected chi connectivity index (χ0v) is 20.6. The molecule has 168 valence electrons. The number of carbonyl (C=O) groups excluding carboxylic acids is 1. The maximum absolute atomic E-state index is 12.6. The number of rotatable bonds is 4. The first kappa shape index (κ1) is 22.7. The summed E-state index contributed by atoms with van der Waals surface area (Å²) >= 11 is 7.97. The average Bonchev–Trinajstić information content (AvgIpc) is 3.07. The molecule has 1 saturated heterocycles. The Kier molecular flexibility index (Phi) is 6.28. The van der Waals surface area contributed by atoms with Crippen LogP contribution in [0.4, 0.5) is 11.4 Å². The van der Waals surface area contributed by atoms with Crippen LogP contribution in [0.5, 0.6) is 5.75 Å². The van der Waals surface area contributed by atoms with Crippen molar-refractivity contribution in [3.8, 4) is 5.75 Å². The number of aliphatic imine (C=N–C) groups is 1. The SMILES string of the molecule is CCOc1ccc(N=C2NC(=O)/C(=C\c3cc4c(cc3Cl)N(C)C(C)(C)CC4C)S2)cc1. The van der Waals surface area contributed by atoms with Gasteiger partial charge >= 0.3 is 0 Å². The van der Waals surface area contributed by atoms with Gasteiger partial charge in [0, 0.05) is 23.3 Å². The zero-order valence-electron chi connectivity index (χ0n) is 19.0. The van der Waals surface area contributed by atoms with E-state index >= 15 is 0 Å². The highest BCUT2D eigenvalue weighted by molar-refractivity contribution is 8.18. The van der Waals surface area contributed by atoms with Crippen LogP contribution in [0.3, 0.4) is 0 Å². The van der Waals surface area contributed by atoms with Gasteiger partial charge < -0.3 is 15.0 Å². The Morgan fingerprint density at radius 1 is 1.31 bits per heavy atom. The summed E-state index contributed by atoms with van der Waals surface area (Å²) < 4.78 is 5.46. The molecule has 2 heterocycles. The van der Waals surface area contributed by atoms with Gasteiger partial charge in [0.25, 0.3) is 5.91 Å². The summed E-state index contributed by atoms with van der Waals surface area (Å²) in [5.41, 5.74) is 4.09. The van der Waals surface area contributed by atoms with Gasteiger partial charge in [0.05, 0.1) is 17.2 Å². The minimum atomic E-state index is -0.167. The third-order valence-electron chi connectivity index (χ3n) is 6.07. The fourth-order valence-electron chi connectivity index (χ4n) is 4.24. The summed E-state index contributed by atoms with van der Waals surface area (Å²) in [6, 6.07) is 11.6. The van der Waals surface area contributed by atoms with Crippen molar-refractivity contribution >= 4 is 51.9 Å². The Labute approximate surface area is 198 Å². The van der Waals surface area contributed by atoms with E-state index in [1.807, 2.05) is 43.3 Å². The fraction of sp³-hybridized carbons (Fsp3) is 0.360. The minimum Gasteiger partial charge on any atom is -0.494 e. The van der Waals surface area contributed by atoms with E-state index in [-0.39, 0.29) is 11.4 Å². The van der Waals surface area contributed by atoms with E-state index in [4.69, 9.17) is 16.3 Å². The number of thioether (sulfide) groups is 1. The van der Waals surface area contributed by atoms with Crippen molar-refractivity contribution in [2.75, 3.05) is 18.6 Å². The number of benzene rings is 2. The summed E-state index contributed by atoms with van der Waals surface area (Å²) in [5, 5.41) is 4.03. The van der Waals surface area contributed by atoms with E-state index in [1.54, 1.807) is 0 Å². The predicted octanol–water partition coefficient (Wildman–Crippen LogP) is 6.35. The summed E-state index contributed by atoms with van der Waals surface area (Å²) in [6.45, 7) is 9.31. The second-order valence-electron chi connectivity index (χ2n) is 8.82. The first-order chi connectivity index (χ1) is 15.2. The molecule has 1 fully saturated rings. The molecule has 1 unspecified atom stereocenters. The molecule has 2 aliphatic heterocycles. The van der Waals surface area contributed by atoms with Crippen LogP contribution in [0.25, 0.3) is 6.08 Å². The highest BCUT2D eigenvalue weighted by Gasteiger charge is 2.34. The Bertz CT molecular complexity index is 1110. The van der Waals surface area contributed by atoms with Crippen molar-refractivity contribution in [1.29, 1.82) is 0 Å². The lowest BCUT2D eigenvalue weighted by Gasteiger charge is -2.45. The van der Waals surface area contributed by atoms with Crippen molar-refractivity contribution < 1.29 is 9.53 Å². The van der Waals surface area contributed by atoms with Crippen molar-refractivity contribution in [3.63, 3.8) is 0 Å². The third kappa shape index (κ3) is 4.52. The number of hydrogen-bond donors (Lipinski definition) is 1. The molecule has 0 bridgehead atoms. The van der Waals surface area contributed by atoms with E-state index in [0.29, 0.717) is 27.6 Å². The number of nitrogens with one attached hydrogen (secondary N) is 1. The van der Waals surface area contributed by atoms with Gasteiger partial charge in [-0.3, -0.25) is 4.79 Å². The molecule has 1 atom stereocenters. The molecule has 4 rings (SSSR count). The highest BCUT2D eigenvalue weighted by Crippen LogP contribution is 2.45. The monoisotopic (exact) mass is 469 g/mol. The largest absolute Gasteiger partial charge is 0.494 e. The molecule has 1 N–H and O–H groups in total. The van der Waals surface area contributed by atoms with Crippen molar-refractivity contribution in [2.45, 2.75) is 45.6 Å². The van der Waals surface area contributed by atoms with E-state index < -0.39 is 0 Å². The van der Waals surface area contributed by atoms with Crippen LogP contribution >= 0.6 is 23.4 Å². The quantitative estimate of drug-likeness (QED) is 0.530. The molecule has 0 saturated carbocycles. The summed E-state index contributed by atoms with van der Waals surface area (Å²) in [4.78, 5) is 20.0. The molecule has 2 aromatic carbocycles. The molecular formula is C25H28ClN3O2S. The molecule has 32 heavy (non-hydrogen) atoms. The van der Waals surface area contributed by atoms with Crippen LogP contribution < -0.4 is 15.0 Å². The molecule has 5 nitrogen and oxygen atoms in total. The van der Waals surface area contributed by atoms with Gasteiger partial charge in [0.1, 0.15) is 5.75 Å². The van der Waals surface area contributed by atoms with Gasteiger partial charge in [-0.1, -0.05) is 18.5 Å². The lowest BCUT2D eigenvalue weighted by molar-refractivity contribution is -0.115. The number of hydrogen-bond acceptors (Lipinski definition) is 5. The number of nitrogens with zero attached hydrogens (tertiary/aromatic N) is 2. The van der Waals surface area contributed by atoms with Gasteiger partial charge in [-0.15, -0.1) is 0 Å². The Balaban J connectivity index is 1.59. The molecular weight excluding hydrogens is 442 g/mol. The molecule has 2 aromatic rings. The van der Waals surface area contributed by atoms with E-state index in [1.165, 1.54) is 17.3 Å². The van der Waals surface area contributed by atoms with Crippen molar-refractivity contribution in [3.05, 3.63) is 57.5 Å². The lowest BCUT2D eigenvalue weighted by atomic mass is 9.80. The van der Waals surface area contributed by atoms with E-state index in [9.17, 15) is 4.79 Å². The van der Waals surface area contributed by atoms with Crippen molar-refractivity contribution in [2.24, 2.45) is 4.99 Å². The molecule has 0 radical (unpaired) electrons. The van der Waals surface area contributed by atoms with Crippen LogP contribution in [0, 0.1) is 0 Å². The normalized spacial score (nSPS) is 22.2. The summed E-state index contributed by atoms with van der Waals surface area (Å²) in [5.74, 6) is 1.04. The van der Waals surface area contributed by atoms with E-state index in [0.717, 1.165) is 29.1 Å². The molecule has 7 heteroatoms. The fourth-order valence-corrected chi connectivity index (χ4v) is 5.28. The molecule has 0 aromatic heterocycles. The smallest absolute Gasteiger partial charge is 0.264 e. The number of ether oxygens (including phenoxy) is 1. The maximum atomic E-state index is 12.6. The zero-order chi connectivity index (χ0) is 23.0. The molecule has 1 amide bonds. The average molecular weight is 470 g/mol. The number of amidine groups is 1.